The first-order chi connectivity index (χ1) is 13.1. The van der Waals surface area contributed by atoms with Gasteiger partial charge in [-0.05, 0) is 48.1 Å². The highest BCUT2D eigenvalue weighted by molar-refractivity contribution is 6.30. The lowest BCUT2D eigenvalue weighted by atomic mass is 10.0. The van der Waals surface area contributed by atoms with Gasteiger partial charge in [0.05, 0.1) is 18.4 Å². The standard InChI is InChI=1S/C22H24ClN3O/c1-26(22(27)14-19-6-9-20(23)10-7-19)13-12-18-4-2-17(3-5-18)8-11-21-15-24-16-25-21/h2-7,9-10,15-16H,8,11-14H2,1H3,(H,24,25). The van der Waals surface area contributed by atoms with Crippen molar-refractivity contribution in [3.05, 3.63) is 88.5 Å². The van der Waals surface area contributed by atoms with E-state index in [9.17, 15) is 4.79 Å². The molecule has 5 heteroatoms. The predicted molar refractivity (Wildman–Crippen MR) is 109 cm³/mol. The molecule has 3 rings (SSSR count). The number of imidazole rings is 1. The lowest BCUT2D eigenvalue weighted by Gasteiger charge is -2.17. The van der Waals surface area contributed by atoms with E-state index in [4.69, 9.17) is 11.6 Å². The molecule has 0 bridgehead atoms. The number of hydrogen-bond acceptors (Lipinski definition) is 2. The van der Waals surface area contributed by atoms with E-state index in [1.807, 2.05) is 37.5 Å². The molecule has 0 saturated heterocycles. The van der Waals surface area contributed by atoms with Gasteiger partial charge in [0.1, 0.15) is 0 Å². The van der Waals surface area contributed by atoms with Gasteiger partial charge in [0.15, 0.2) is 0 Å². The first kappa shape index (κ1) is 19.2. The van der Waals surface area contributed by atoms with Crippen LogP contribution < -0.4 is 0 Å². The van der Waals surface area contributed by atoms with Gasteiger partial charge in [-0.2, -0.15) is 0 Å². The Hall–Kier alpha value is -2.59. The zero-order chi connectivity index (χ0) is 19.1. The van der Waals surface area contributed by atoms with Gasteiger partial charge in [-0.1, -0.05) is 48.0 Å². The van der Waals surface area contributed by atoms with E-state index in [0.717, 1.165) is 30.5 Å². The van der Waals surface area contributed by atoms with Crippen LogP contribution >= 0.6 is 11.6 Å². The Balaban J connectivity index is 1.44. The van der Waals surface area contributed by atoms with E-state index >= 15 is 0 Å². The second-order valence-electron chi connectivity index (χ2n) is 6.75. The van der Waals surface area contributed by atoms with E-state index < -0.39 is 0 Å². The molecule has 1 heterocycles. The number of rotatable bonds is 8. The van der Waals surface area contributed by atoms with Crippen molar-refractivity contribution in [2.75, 3.05) is 13.6 Å². The Morgan fingerprint density at radius 3 is 2.22 bits per heavy atom. The number of halogens is 1. The third-order valence-corrected chi connectivity index (χ3v) is 4.93. The first-order valence-corrected chi connectivity index (χ1v) is 9.52. The number of carbonyl (C=O) groups is 1. The van der Waals surface area contributed by atoms with Crippen molar-refractivity contribution in [1.82, 2.24) is 14.9 Å². The minimum absolute atomic E-state index is 0.118. The van der Waals surface area contributed by atoms with Gasteiger partial charge in [-0.15, -0.1) is 0 Å². The topological polar surface area (TPSA) is 49.0 Å². The maximum absolute atomic E-state index is 12.4. The fourth-order valence-electron chi connectivity index (χ4n) is 2.91. The highest BCUT2D eigenvalue weighted by Gasteiger charge is 2.10. The van der Waals surface area contributed by atoms with Crippen LogP contribution in [0.2, 0.25) is 5.02 Å². The summed E-state index contributed by atoms with van der Waals surface area (Å²) in [5.74, 6) is 0.118. The van der Waals surface area contributed by atoms with E-state index in [-0.39, 0.29) is 5.91 Å². The Morgan fingerprint density at radius 2 is 1.59 bits per heavy atom. The smallest absolute Gasteiger partial charge is 0.226 e. The summed E-state index contributed by atoms with van der Waals surface area (Å²) in [5.41, 5.74) is 4.61. The largest absolute Gasteiger partial charge is 0.351 e. The number of benzene rings is 2. The molecule has 0 atom stereocenters. The summed E-state index contributed by atoms with van der Waals surface area (Å²) < 4.78 is 0. The minimum atomic E-state index is 0.118. The van der Waals surface area contributed by atoms with Crippen LogP contribution in [0.1, 0.15) is 22.4 Å². The molecule has 140 valence electrons. The predicted octanol–water partition coefficient (Wildman–Crippen LogP) is 4.09. The van der Waals surface area contributed by atoms with Crippen LogP contribution in [0.3, 0.4) is 0 Å². The number of aromatic amines is 1. The molecule has 1 amide bonds. The van der Waals surface area contributed by atoms with Crippen molar-refractivity contribution in [2.24, 2.45) is 0 Å². The molecule has 0 spiro atoms. The average molecular weight is 382 g/mol. The van der Waals surface area contributed by atoms with Gasteiger partial charge in [-0.3, -0.25) is 4.79 Å². The Morgan fingerprint density at radius 1 is 0.963 bits per heavy atom. The fraction of sp³-hybridized carbons (Fsp3) is 0.273. The van der Waals surface area contributed by atoms with Gasteiger partial charge in [0.2, 0.25) is 5.91 Å². The number of aromatic nitrogens is 2. The number of likely N-dealkylation sites (N-methyl/N-ethyl adjacent to an activating group) is 1. The Labute approximate surface area is 165 Å². The number of nitrogens with zero attached hydrogens (tertiary/aromatic N) is 2. The molecule has 0 aliphatic carbocycles. The maximum Gasteiger partial charge on any atom is 0.226 e. The number of amides is 1. The van der Waals surface area contributed by atoms with Crippen molar-refractivity contribution >= 4 is 17.5 Å². The van der Waals surface area contributed by atoms with Crippen LogP contribution in [0.5, 0.6) is 0 Å². The molecule has 0 aliphatic rings. The van der Waals surface area contributed by atoms with Crippen LogP contribution in [-0.4, -0.2) is 34.4 Å². The highest BCUT2D eigenvalue weighted by Crippen LogP contribution is 2.12. The van der Waals surface area contributed by atoms with Gasteiger partial charge in [0.25, 0.3) is 0 Å². The quantitative estimate of drug-likeness (QED) is 0.638. The SMILES string of the molecule is CN(CCc1ccc(CCc2c[nH]cn2)cc1)C(=O)Cc1ccc(Cl)cc1. The normalized spacial score (nSPS) is 10.7. The summed E-state index contributed by atoms with van der Waals surface area (Å²) in [6, 6.07) is 16.1. The maximum atomic E-state index is 12.4. The first-order valence-electron chi connectivity index (χ1n) is 9.14. The number of hydrogen-bond donors (Lipinski definition) is 1. The minimum Gasteiger partial charge on any atom is -0.351 e. The van der Waals surface area contributed by atoms with E-state index in [0.29, 0.717) is 18.0 Å². The highest BCUT2D eigenvalue weighted by atomic mass is 35.5. The zero-order valence-electron chi connectivity index (χ0n) is 15.5. The van der Waals surface area contributed by atoms with Crippen molar-refractivity contribution < 1.29 is 4.79 Å². The second-order valence-corrected chi connectivity index (χ2v) is 7.18. The van der Waals surface area contributed by atoms with Gasteiger partial charge >= 0.3 is 0 Å². The third kappa shape index (κ3) is 5.97. The zero-order valence-corrected chi connectivity index (χ0v) is 16.2. The lowest BCUT2D eigenvalue weighted by Crippen LogP contribution is -2.30. The summed E-state index contributed by atoms with van der Waals surface area (Å²) >= 11 is 5.89. The summed E-state index contributed by atoms with van der Waals surface area (Å²) in [6.45, 7) is 0.707. The second kappa shape index (κ2) is 9.38. The van der Waals surface area contributed by atoms with Crippen LogP contribution in [0.25, 0.3) is 0 Å². The molecular weight excluding hydrogens is 358 g/mol. The number of H-pyrrole nitrogens is 1. The molecule has 27 heavy (non-hydrogen) atoms. The average Bonchev–Trinajstić information content (AvgIpc) is 3.20. The summed E-state index contributed by atoms with van der Waals surface area (Å²) in [5, 5.41) is 0.687. The molecule has 0 fully saturated rings. The summed E-state index contributed by atoms with van der Waals surface area (Å²) in [7, 11) is 1.86. The Bertz CT molecular complexity index is 842. The van der Waals surface area contributed by atoms with Crippen molar-refractivity contribution in [1.29, 1.82) is 0 Å². The number of aryl methyl sites for hydroxylation is 2. The summed E-state index contributed by atoms with van der Waals surface area (Å²) in [6.07, 6.45) is 6.81. The monoisotopic (exact) mass is 381 g/mol. The molecule has 0 aliphatic heterocycles. The molecule has 1 aromatic heterocycles. The van der Waals surface area contributed by atoms with Crippen molar-refractivity contribution in [3.8, 4) is 0 Å². The molecule has 1 N–H and O–H groups in total. The van der Waals surface area contributed by atoms with Crippen LogP contribution in [0.15, 0.2) is 61.1 Å². The van der Waals surface area contributed by atoms with E-state index in [1.165, 1.54) is 11.1 Å². The van der Waals surface area contributed by atoms with Crippen LogP contribution in [0, 0.1) is 0 Å². The number of nitrogens with one attached hydrogen (secondary N) is 1. The van der Waals surface area contributed by atoms with Crippen molar-refractivity contribution in [2.45, 2.75) is 25.7 Å². The molecule has 4 nitrogen and oxygen atoms in total. The van der Waals surface area contributed by atoms with Gasteiger partial charge in [0, 0.05) is 24.8 Å². The third-order valence-electron chi connectivity index (χ3n) is 4.68. The molecule has 3 aromatic rings. The van der Waals surface area contributed by atoms with Gasteiger partial charge < -0.3 is 9.88 Å². The molecular formula is C22H24ClN3O. The molecule has 0 saturated carbocycles. The van der Waals surface area contributed by atoms with Gasteiger partial charge in [-0.25, -0.2) is 4.98 Å². The van der Waals surface area contributed by atoms with Crippen LogP contribution in [-0.2, 0) is 30.5 Å². The van der Waals surface area contributed by atoms with Crippen molar-refractivity contribution in [3.63, 3.8) is 0 Å². The fourth-order valence-corrected chi connectivity index (χ4v) is 3.03. The molecule has 2 aromatic carbocycles. The molecule has 0 unspecified atom stereocenters. The van der Waals surface area contributed by atoms with E-state index in [1.54, 1.807) is 11.2 Å². The van der Waals surface area contributed by atoms with Crippen LogP contribution in [0.4, 0.5) is 0 Å². The molecule has 0 radical (unpaired) electrons. The van der Waals surface area contributed by atoms with E-state index in [2.05, 4.69) is 34.2 Å². The lowest BCUT2D eigenvalue weighted by molar-refractivity contribution is -0.129. The Kier molecular flexibility index (Phi) is 6.66. The number of carbonyl (C=O) groups excluding carboxylic acids is 1. The summed E-state index contributed by atoms with van der Waals surface area (Å²) in [4.78, 5) is 21.4.